The van der Waals surface area contributed by atoms with E-state index in [9.17, 15) is 23.5 Å². The molecule has 0 unspecified atom stereocenters. The van der Waals surface area contributed by atoms with Crippen LogP contribution in [0.1, 0.15) is 13.9 Å². The Morgan fingerprint density at radius 1 is 1.48 bits per heavy atom. The number of rotatable bonds is 6. The molecule has 0 aliphatic heterocycles. The van der Waals surface area contributed by atoms with E-state index in [2.05, 4.69) is 14.5 Å². The molecule has 1 aromatic heterocycles. The normalized spacial score (nSPS) is 10.8. The maximum atomic E-state index is 12.0. The summed E-state index contributed by atoms with van der Waals surface area (Å²) in [7, 11) is 0. The second kappa shape index (κ2) is 9.10. The van der Waals surface area contributed by atoms with Crippen molar-refractivity contribution in [2.45, 2.75) is 13.5 Å². The molecular weight excluding hydrogens is 283 g/mol. The standard InChI is InChI=1S/C12H11F2NO5.Li.H/c1-2-19-11(18)10(17)4-9(16)7-3-8(6-15-5-7)20-12(13)14;;/h3-6,12,16H,2H2,1H3;;/q;+1;-1. The minimum absolute atomic E-state index is 0. The van der Waals surface area contributed by atoms with Crippen LogP contribution in [-0.2, 0) is 14.3 Å². The molecule has 0 aliphatic rings. The number of pyridine rings is 1. The molecule has 1 N–H and O–H groups in total. The van der Waals surface area contributed by atoms with E-state index in [0.717, 1.165) is 18.5 Å². The number of ether oxygens (including phenoxy) is 2. The Morgan fingerprint density at radius 2 is 2.14 bits per heavy atom. The first-order valence-electron chi connectivity index (χ1n) is 5.46. The summed E-state index contributed by atoms with van der Waals surface area (Å²) in [5.74, 6) is -3.12. The Balaban J connectivity index is 0. The van der Waals surface area contributed by atoms with Crippen molar-refractivity contribution in [1.82, 2.24) is 4.98 Å². The van der Waals surface area contributed by atoms with E-state index in [-0.39, 0.29) is 38.2 Å². The Hall–Kier alpha value is -1.91. The Labute approximate surface area is 132 Å². The molecule has 0 aromatic carbocycles. The molecule has 1 aromatic rings. The number of hydrogen-bond donors (Lipinski definition) is 1. The van der Waals surface area contributed by atoms with E-state index in [1.165, 1.54) is 6.92 Å². The fourth-order valence-electron chi connectivity index (χ4n) is 1.19. The van der Waals surface area contributed by atoms with Crippen LogP contribution in [0.5, 0.6) is 5.75 Å². The van der Waals surface area contributed by atoms with Crippen molar-refractivity contribution in [3.05, 3.63) is 30.1 Å². The molecule has 1 heterocycles. The van der Waals surface area contributed by atoms with Crippen molar-refractivity contribution in [2.75, 3.05) is 6.61 Å². The van der Waals surface area contributed by atoms with Gasteiger partial charge in [-0.25, -0.2) is 4.79 Å². The van der Waals surface area contributed by atoms with Crippen LogP contribution in [0.3, 0.4) is 0 Å². The van der Waals surface area contributed by atoms with Gasteiger partial charge in [-0.3, -0.25) is 9.78 Å². The van der Waals surface area contributed by atoms with Gasteiger partial charge >= 0.3 is 31.4 Å². The molecular formula is C12H12F2LiNO5. The van der Waals surface area contributed by atoms with Gasteiger partial charge in [0.2, 0.25) is 0 Å². The monoisotopic (exact) mass is 295 g/mol. The van der Waals surface area contributed by atoms with Crippen LogP contribution in [0.4, 0.5) is 8.78 Å². The molecule has 110 valence electrons. The molecule has 1 rings (SSSR count). The molecule has 0 fully saturated rings. The van der Waals surface area contributed by atoms with Crippen LogP contribution in [0.25, 0.3) is 5.76 Å². The summed E-state index contributed by atoms with van der Waals surface area (Å²) in [6.45, 7) is -1.51. The van der Waals surface area contributed by atoms with Crippen molar-refractivity contribution in [3.63, 3.8) is 0 Å². The maximum absolute atomic E-state index is 12.0. The van der Waals surface area contributed by atoms with Crippen molar-refractivity contribution in [2.24, 2.45) is 0 Å². The van der Waals surface area contributed by atoms with Crippen LogP contribution in [0, 0.1) is 0 Å². The number of carbonyl (C=O) groups is 2. The Kier molecular flexibility index (Phi) is 8.27. The van der Waals surface area contributed by atoms with Gasteiger partial charge in [-0.15, -0.1) is 0 Å². The average molecular weight is 295 g/mol. The zero-order chi connectivity index (χ0) is 15.1. The summed E-state index contributed by atoms with van der Waals surface area (Å²) in [5.41, 5.74) is -0.0548. The Morgan fingerprint density at radius 3 is 2.71 bits per heavy atom. The summed E-state index contributed by atoms with van der Waals surface area (Å²) in [5, 5.41) is 9.62. The number of aromatic nitrogens is 1. The number of hydrogen-bond acceptors (Lipinski definition) is 6. The van der Waals surface area contributed by atoms with Gasteiger partial charge in [-0.1, -0.05) is 0 Å². The molecule has 0 amide bonds. The third-order valence-electron chi connectivity index (χ3n) is 1.98. The van der Waals surface area contributed by atoms with Gasteiger partial charge in [0.15, 0.2) is 0 Å². The van der Waals surface area contributed by atoms with Crippen LogP contribution >= 0.6 is 0 Å². The average Bonchev–Trinajstić information content (AvgIpc) is 2.38. The molecule has 0 atom stereocenters. The van der Waals surface area contributed by atoms with Gasteiger partial charge in [-0.05, 0) is 13.0 Å². The largest absolute Gasteiger partial charge is 1.00 e. The van der Waals surface area contributed by atoms with E-state index in [1.54, 1.807) is 0 Å². The summed E-state index contributed by atoms with van der Waals surface area (Å²) in [6.07, 6.45) is 2.74. The topological polar surface area (TPSA) is 85.7 Å². The SMILES string of the molecule is CCOC(=O)C(=O)C=C(O)c1cncc(OC(F)F)c1.[H-].[Li+]. The summed E-state index contributed by atoms with van der Waals surface area (Å²) in [4.78, 5) is 25.9. The van der Waals surface area contributed by atoms with Crippen molar-refractivity contribution < 1.29 is 53.2 Å². The quantitative estimate of drug-likeness (QED) is 0.234. The molecule has 6 nitrogen and oxygen atoms in total. The zero-order valence-corrected chi connectivity index (χ0v) is 11.4. The van der Waals surface area contributed by atoms with Crippen molar-refractivity contribution in [3.8, 4) is 5.75 Å². The second-order valence-electron chi connectivity index (χ2n) is 3.40. The molecule has 0 spiro atoms. The van der Waals surface area contributed by atoms with Gasteiger partial charge in [0, 0.05) is 17.8 Å². The predicted molar refractivity (Wildman–Crippen MR) is 64.2 cm³/mol. The molecule has 21 heavy (non-hydrogen) atoms. The van der Waals surface area contributed by atoms with Gasteiger partial charge in [-0.2, -0.15) is 8.78 Å². The van der Waals surface area contributed by atoms with Crippen molar-refractivity contribution in [1.29, 1.82) is 0 Å². The third kappa shape index (κ3) is 6.38. The van der Waals surface area contributed by atoms with Crippen LogP contribution < -0.4 is 23.6 Å². The van der Waals surface area contributed by atoms with Gasteiger partial charge in [0.25, 0.3) is 5.78 Å². The van der Waals surface area contributed by atoms with Crippen LogP contribution in [0.15, 0.2) is 24.5 Å². The fourth-order valence-corrected chi connectivity index (χ4v) is 1.19. The van der Waals surface area contributed by atoms with E-state index in [0.29, 0.717) is 6.08 Å². The summed E-state index contributed by atoms with van der Waals surface area (Å²) in [6, 6.07) is 1.05. The summed E-state index contributed by atoms with van der Waals surface area (Å²) < 4.78 is 32.5. The number of esters is 1. The molecule has 9 heteroatoms. The molecule has 0 bridgehead atoms. The van der Waals surface area contributed by atoms with Crippen LogP contribution in [-0.4, -0.2) is 35.1 Å². The van der Waals surface area contributed by atoms with Gasteiger partial charge in [0.05, 0.1) is 12.8 Å². The van der Waals surface area contributed by atoms with Crippen LogP contribution in [0.2, 0.25) is 0 Å². The number of aliphatic hydroxyl groups excluding tert-OH is 1. The predicted octanol–water partition coefficient (Wildman–Crippen LogP) is -1.17. The summed E-state index contributed by atoms with van der Waals surface area (Å²) >= 11 is 0. The molecule has 0 radical (unpaired) electrons. The fraction of sp³-hybridized carbons (Fsp3) is 0.250. The number of ketones is 1. The van der Waals surface area contributed by atoms with E-state index in [1.807, 2.05) is 0 Å². The number of nitrogens with zero attached hydrogens (tertiary/aromatic N) is 1. The maximum Gasteiger partial charge on any atom is 1.00 e. The first-order valence-corrected chi connectivity index (χ1v) is 5.46. The molecule has 0 saturated carbocycles. The first-order chi connectivity index (χ1) is 9.43. The van der Waals surface area contributed by atoms with E-state index < -0.39 is 24.1 Å². The number of carbonyl (C=O) groups excluding carboxylic acids is 2. The first kappa shape index (κ1) is 19.1. The Bertz CT molecular complexity index is 542. The smallest absolute Gasteiger partial charge is 1.00 e. The third-order valence-corrected chi connectivity index (χ3v) is 1.98. The van der Waals surface area contributed by atoms with E-state index in [4.69, 9.17) is 0 Å². The zero-order valence-electron chi connectivity index (χ0n) is 12.4. The van der Waals surface area contributed by atoms with Gasteiger partial charge < -0.3 is 16.0 Å². The van der Waals surface area contributed by atoms with E-state index >= 15 is 0 Å². The number of aliphatic hydroxyl groups is 1. The minimum Gasteiger partial charge on any atom is -1.00 e. The minimum atomic E-state index is -3.04. The number of alkyl halides is 2. The van der Waals surface area contributed by atoms with Crippen molar-refractivity contribution >= 4 is 17.5 Å². The van der Waals surface area contributed by atoms with Gasteiger partial charge in [0.1, 0.15) is 11.5 Å². The molecule has 0 saturated heterocycles. The second-order valence-corrected chi connectivity index (χ2v) is 3.40. The molecule has 0 aliphatic carbocycles. The number of halogens is 2.